The van der Waals surface area contributed by atoms with Crippen LogP contribution in [0, 0.1) is 5.92 Å². The maximum Gasteiger partial charge on any atom is 0.253 e. The molecule has 98 valence electrons. The minimum Gasteiger partial charge on any atom is -0.349 e. The molecule has 1 amide bonds. The van der Waals surface area contributed by atoms with Crippen LogP contribution in [0.3, 0.4) is 0 Å². The van der Waals surface area contributed by atoms with Crippen molar-refractivity contribution in [1.29, 1.82) is 0 Å². The first-order chi connectivity index (χ1) is 8.59. The van der Waals surface area contributed by atoms with Gasteiger partial charge in [0.2, 0.25) is 0 Å². The molecule has 4 heteroatoms. The Bertz CT molecular complexity index is 447. The number of benzene rings is 1. The van der Waals surface area contributed by atoms with Crippen molar-refractivity contribution < 1.29 is 4.79 Å². The monoisotopic (exact) mass is 285 g/mol. The van der Waals surface area contributed by atoms with E-state index < -0.39 is 0 Å². The lowest BCUT2D eigenvalue weighted by atomic mass is 9.86. The number of carbonyl (C=O) groups excluding carboxylic acids is 1. The second-order valence-electron chi connectivity index (χ2n) is 4.94. The van der Waals surface area contributed by atoms with Crippen molar-refractivity contribution in [2.45, 2.75) is 38.6 Å². The van der Waals surface area contributed by atoms with Crippen LogP contribution in [-0.4, -0.2) is 11.9 Å². The van der Waals surface area contributed by atoms with E-state index in [9.17, 15) is 4.79 Å². The lowest BCUT2D eigenvalue weighted by Crippen LogP contribution is -2.41. The van der Waals surface area contributed by atoms with Crippen molar-refractivity contribution in [2.75, 3.05) is 0 Å². The Kier molecular flexibility index (Phi) is 4.52. The molecule has 0 aliphatic heterocycles. The van der Waals surface area contributed by atoms with Gasteiger partial charge in [-0.25, -0.2) is 0 Å². The zero-order valence-electron chi connectivity index (χ0n) is 10.4. The standard InChI is InChI=1S/C14H17Cl2NO/c1-9-5-2-3-8-12(9)17-14(18)10-6-4-7-11(15)13(10)16/h4,6-7,9,12H,2-3,5,8H2,1H3,(H,17,18). The summed E-state index contributed by atoms with van der Waals surface area (Å²) in [6.45, 7) is 2.18. The molecule has 0 aromatic heterocycles. The number of nitrogens with one attached hydrogen (secondary N) is 1. The molecular weight excluding hydrogens is 269 g/mol. The lowest BCUT2D eigenvalue weighted by Gasteiger charge is -2.29. The van der Waals surface area contributed by atoms with Gasteiger partial charge >= 0.3 is 0 Å². The second-order valence-corrected chi connectivity index (χ2v) is 5.73. The van der Waals surface area contributed by atoms with Crippen LogP contribution >= 0.6 is 23.2 Å². The van der Waals surface area contributed by atoms with Gasteiger partial charge in [-0.3, -0.25) is 4.79 Å². The first-order valence-electron chi connectivity index (χ1n) is 6.34. The summed E-state index contributed by atoms with van der Waals surface area (Å²) in [6.07, 6.45) is 4.66. The lowest BCUT2D eigenvalue weighted by molar-refractivity contribution is 0.0910. The number of hydrogen-bond acceptors (Lipinski definition) is 1. The van der Waals surface area contributed by atoms with Gasteiger partial charge in [-0.15, -0.1) is 0 Å². The highest BCUT2D eigenvalue weighted by Crippen LogP contribution is 2.27. The van der Waals surface area contributed by atoms with Crippen LogP contribution in [0.2, 0.25) is 10.0 Å². The number of carbonyl (C=O) groups is 1. The third-order valence-corrected chi connectivity index (χ3v) is 4.44. The molecule has 1 N–H and O–H groups in total. The average molecular weight is 286 g/mol. The summed E-state index contributed by atoms with van der Waals surface area (Å²) in [6, 6.07) is 5.38. The highest BCUT2D eigenvalue weighted by Gasteiger charge is 2.24. The van der Waals surface area contributed by atoms with Crippen LogP contribution in [0.1, 0.15) is 43.0 Å². The largest absolute Gasteiger partial charge is 0.349 e. The highest BCUT2D eigenvalue weighted by atomic mass is 35.5. The smallest absolute Gasteiger partial charge is 0.253 e. The second kappa shape index (κ2) is 5.94. The maximum atomic E-state index is 12.2. The van der Waals surface area contributed by atoms with Gasteiger partial charge in [-0.2, -0.15) is 0 Å². The van der Waals surface area contributed by atoms with Crippen molar-refractivity contribution in [2.24, 2.45) is 5.92 Å². The zero-order valence-corrected chi connectivity index (χ0v) is 11.9. The molecule has 2 atom stereocenters. The van der Waals surface area contributed by atoms with Gasteiger partial charge in [0.05, 0.1) is 15.6 Å². The molecule has 2 rings (SSSR count). The fraction of sp³-hybridized carbons (Fsp3) is 0.500. The average Bonchev–Trinajstić information content (AvgIpc) is 2.35. The van der Waals surface area contributed by atoms with Crippen LogP contribution in [0.25, 0.3) is 0 Å². The molecule has 18 heavy (non-hydrogen) atoms. The van der Waals surface area contributed by atoms with E-state index in [2.05, 4.69) is 12.2 Å². The van der Waals surface area contributed by atoms with Crippen molar-refractivity contribution in [3.05, 3.63) is 33.8 Å². The first-order valence-corrected chi connectivity index (χ1v) is 7.10. The topological polar surface area (TPSA) is 29.1 Å². The van der Waals surface area contributed by atoms with Crippen LogP contribution in [0.5, 0.6) is 0 Å². The molecule has 1 aliphatic rings. The van der Waals surface area contributed by atoms with Gasteiger partial charge in [0.25, 0.3) is 5.91 Å². The predicted octanol–water partition coefficient (Wildman–Crippen LogP) is 4.30. The summed E-state index contributed by atoms with van der Waals surface area (Å²) in [5, 5.41) is 3.82. The van der Waals surface area contributed by atoms with Crippen LogP contribution in [-0.2, 0) is 0 Å². The van der Waals surface area contributed by atoms with Gasteiger partial charge in [-0.05, 0) is 30.9 Å². The molecule has 2 unspecified atom stereocenters. The Morgan fingerprint density at radius 2 is 2.00 bits per heavy atom. The van der Waals surface area contributed by atoms with E-state index in [1.807, 2.05) is 0 Å². The van der Waals surface area contributed by atoms with Gasteiger partial charge < -0.3 is 5.32 Å². The Morgan fingerprint density at radius 3 is 2.72 bits per heavy atom. The molecule has 1 fully saturated rings. The molecule has 0 bridgehead atoms. The Morgan fingerprint density at radius 1 is 1.28 bits per heavy atom. The van der Waals surface area contributed by atoms with E-state index in [0.717, 1.165) is 6.42 Å². The van der Waals surface area contributed by atoms with Crippen LogP contribution < -0.4 is 5.32 Å². The number of halogens is 2. The normalized spacial score (nSPS) is 23.7. The van der Waals surface area contributed by atoms with Gasteiger partial charge in [-0.1, -0.05) is 49.0 Å². The minimum absolute atomic E-state index is 0.124. The summed E-state index contributed by atoms with van der Waals surface area (Å²) in [4.78, 5) is 12.2. The summed E-state index contributed by atoms with van der Waals surface area (Å²) < 4.78 is 0. The van der Waals surface area contributed by atoms with Gasteiger partial charge in [0, 0.05) is 6.04 Å². The third-order valence-electron chi connectivity index (χ3n) is 3.62. The maximum absolute atomic E-state index is 12.2. The van der Waals surface area contributed by atoms with E-state index in [1.165, 1.54) is 19.3 Å². The van der Waals surface area contributed by atoms with E-state index in [1.54, 1.807) is 18.2 Å². The Balaban J connectivity index is 2.09. The van der Waals surface area contributed by atoms with E-state index in [0.29, 0.717) is 21.5 Å². The SMILES string of the molecule is CC1CCCCC1NC(=O)c1cccc(Cl)c1Cl. The number of amides is 1. The highest BCUT2D eigenvalue weighted by molar-refractivity contribution is 6.43. The zero-order chi connectivity index (χ0) is 13.1. The van der Waals surface area contributed by atoms with Crippen LogP contribution in [0.4, 0.5) is 0 Å². The molecule has 1 aromatic rings. The number of hydrogen-bond donors (Lipinski definition) is 1. The van der Waals surface area contributed by atoms with Gasteiger partial charge in [0.15, 0.2) is 0 Å². The van der Waals surface area contributed by atoms with Crippen molar-refractivity contribution in [3.8, 4) is 0 Å². The van der Waals surface area contributed by atoms with Crippen molar-refractivity contribution in [3.63, 3.8) is 0 Å². The van der Waals surface area contributed by atoms with E-state index >= 15 is 0 Å². The van der Waals surface area contributed by atoms with E-state index in [-0.39, 0.29) is 11.9 Å². The van der Waals surface area contributed by atoms with Crippen molar-refractivity contribution in [1.82, 2.24) is 5.32 Å². The molecule has 0 saturated heterocycles. The molecule has 0 spiro atoms. The summed E-state index contributed by atoms with van der Waals surface area (Å²) in [5.41, 5.74) is 0.460. The molecule has 1 aromatic carbocycles. The Labute approximate surface area is 118 Å². The fourth-order valence-corrected chi connectivity index (χ4v) is 2.84. The van der Waals surface area contributed by atoms with Gasteiger partial charge in [0.1, 0.15) is 0 Å². The fourth-order valence-electron chi connectivity index (χ4n) is 2.46. The molecule has 0 heterocycles. The predicted molar refractivity (Wildman–Crippen MR) is 75.3 cm³/mol. The van der Waals surface area contributed by atoms with Crippen molar-refractivity contribution >= 4 is 29.1 Å². The number of rotatable bonds is 2. The molecule has 0 radical (unpaired) electrons. The quantitative estimate of drug-likeness (QED) is 0.862. The van der Waals surface area contributed by atoms with Crippen LogP contribution in [0.15, 0.2) is 18.2 Å². The molecular formula is C14H17Cl2NO. The summed E-state index contributed by atoms with van der Waals surface area (Å²) in [5.74, 6) is 0.405. The summed E-state index contributed by atoms with van der Waals surface area (Å²) in [7, 11) is 0. The molecule has 1 saturated carbocycles. The first kappa shape index (κ1) is 13.7. The minimum atomic E-state index is -0.124. The van der Waals surface area contributed by atoms with E-state index in [4.69, 9.17) is 23.2 Å². The third kappa shape index (κ3) is 2.99. The summed E-state index contributed by atoms with van der Waals surface area (Å²) >= 11 is 12.0. The Hall–Kier alpha value is -0.730. The molecule has 2 nitrogen and oxygen atoms in total. The molecule has 1 aliphatic carbocycles.